The molecule has 3 rings (SSSR count). The van der Waals surface area contributed by atoms with Crippen LogP contribution in [0.2, 0.25) is 0 Å². The topological polar surface area (TPSA) is 81.9 Å². The van der Waals surface area contributed by atoms with Gasteiger partial charge in [0, 0.05) is 37.4 Å². The van der Waals surface area contributed by atoms with E-state index in [9.17, 15) is 14.9 Å². The first-order chi connectivity index (χ1) is 14.4. The van der Waals surface area contributed by atoms with Crippen molar-refractivity contribution in [3.63, 3.8) is 0 Å². The lowest BCUT2D eigenvalue weighted by Gasteiger charge is -2.23. The lowest BCUT2D eigenvalue weighted by atomic mass is 10.0. The first-order valence-corrected chi connectivity index (χ1v) is 9.26. The average molecular weight is 406 g/mol. The van der Waals surface area contributed by atoms with Crippen LogP contribution in [0.3, 0.4) is 0 Å². The molecule has 0 bridgehead atoms. The Morgan fingerprint density at radius 2 is 1.67 bits per heavy atom. The summed E-state index contributed by atoms with van der Waals surface area (Å²) in [5.74, 6) is 0.798. The van der Waals surface area contributed by atoms with Gasteiger partial charge in [-0.15, -0.1) is 0 Å². The smallest absolute Gasteiger partial charge is 0.270 e. The summed E-state index contributed by atoms with van der Waals surface area (Å²) < 4.78 is 11.3. The van der Waals surface area contributed by atoms with E-state index in [2.05, 4.69) is 0 Å². The van der Waals surface area contributed by atoms with Crippen LogP contribution < -0.4 is 9.47 Å². The number of nitro benzene ring substituents is 1. The number of carbonyl (C=O) groups excluding carboxylic acids is 1. The Labute approximate surface area is 174 Å². The van der Waals surface area contributed by atoms with Gasteiger partial charge in [-0.05, 0) is 23.8 Å². The number of rotatable bonds is 7. The molecule has 0 radical (unpaired) electrons. The maximum absolute atomic E-state index is 12.8. The molecule has 7 heteroatoms. The minimum Gasteiger partial charge on any atom is -0.497 e. The molecule has 1 amide bonds. The number of ether oxygens (including phenoxy) is 2. The monoisotopic (exact) mass is 406 g/mol. The van der Waals surface area contributed by atoms with Crippen LogP contribution in [0.4, 0.5) is 5.69 Å². The van der Waals surface area contributed by atoms with Crippen molar-refractivity contribution in [2.24, 2.45) is 0 Å². The van der Waals surface area contributed by atoms with E-state index in [0.29, 0.717) is 28.2 Å². The van der Waals surface area contributed by atoms with E-state index >= 15 is 0 Å². The number of methoxy groups -OCH3 is 1. The minimum absolute atomic E-state index is 0.0663. The highest BCUT2D eigenvalue weighted by atomic mass is 16.6. The number of nitrogens with zero attached hydrogens (tertiary/aromatic N) is 2. The number of nitro groups is 1. The summed E-state index contributed by atoms with van der Waals surface area (Å²) in [5, 5.41) is 11.3. The van der Waals surface area contributed by atoms with Gasteiger partial charge in [-0.3, -0.25) is 14.9 Å². The van der Waals surface area contributed by atoms with E-state index < -0.39 is 11.0 Å². The van der Waals surface area contributed by atoms with E-state index in [1.54, 1.807) is 45.5 Å². The van der Waals surface area contributed by atoms with E-state index in [1.165, 1.54) is 23.1 Å². The Morgan fingerprint density at radius 1 is 1.00 bits per heavy atom. The quantitative estimate of drug-likeness (QED) is 0.427. The highest BCUT2D eigenvalue weighted by Crippen LogP contribution is 2.37. The van der Waals surface area contributed by atoms with Gasteiger partial charge in [0.15, 0.2) is 0 Å². The van der Waals surface area contributed by atoms with E-state index in [4.69, 9.17) is 9.47 Å². The molecule has 1 atom stereocenters. The molecule has 3 aromatic rings. The van der Waals surface area contributed by atoms with Crippen LogP contribution >= 0.6 is 0 Å². The largest absolute Gasteiger partial charge is 0.497 e. The van der Waals surface area contributed by atoms with Crippen molar-refractivity contribution in [3.8, 4) is 22.6 Å². The van der Waals surface area contributed by atoms with Crippen molar-refractivity contribution < 1.29 is 19.2 Å². The van der Waals surface area contributed by atoms with E-state index in [1.807, 2.05) is 30.3 Å². The SMILES string of the molecule is COc1ccc(-c2cc([N+](=O)[O-])ccc2O[C@H](C(=O)N(C)C)c2ccccc2)cc1. The van der Waals surface area contributed by atoms with Gasteiger partial charge in [0.2, 0.25) is 6.10 Å². The van der Waals surface area contributed by atoms with Crippen LogP contribution in [0.1, 0.15) is 11.7 Å². The van der Waals surface area contributed by atoms with E-state index in [0.717, 1.165) is 0 Å². The molecule has 0 fully saturated rings. The molecule has 30 heavy (non-hydrogen) atoms. The van der Waals surface area contributed by atoms with Crippen LogP contribution in [0.5, 0.6) is 11.5 Å². The first kappa shape index (κ1) is 20.9. The van der Waals surface area contributed by atoms with Crippen molar-refractivity contribution >= 4 is 11.6 Å². The van der Waals surface area contributed by atoms with Gasteiger partial charge in [0.1, 0.15) is 11.5 Å². The first-order valence-electron chi connectivity index (χ1n) is 9.26. The van der Waals surface area contributed by atoms with Gasteiger partial charge in [0.05, 0.1) is 12.0 Å². The Bertz CT molecular complexity index is 1030. The number of hydrogen-bond acceptors (Lipinski definition) is 5. The summed E-state index contributed by atoms with van der Waals surface area (Å²) in [7, 11) is 4.87. The van der Waals surface area contributed by atoms with Crippen molar-refractivity contribution in [2.75, 3.05) is 21.2 Å². The van der Waals surface area contributed by atoms with Crippen LogP contribution in [0, 0.1) is 10.1 Å². The summed E-state index contributed by atoms with van der Waals surface area (Å²) >= 11 is 0. The number of amides is 1. The minimum atomic E-state index is -0.889. The predicted molar refractivity (Wildman–Crippen MR) is 114 cm³/mol. The zero-order valence-electron chi connectivity index (χ0n) is 16.9. The third-order valence-electron chi connectivity index (χ3n) is 4.59. The highest BCUT2D eigenvalue weighted by molar-refractivity contribution is 5.83. The standard InChI is InChI=1S/C23H22N2O5/c1-24(2)23(26)22(17-7-5-4-6-8-17)30-21-14-11-18(25(27)28)15-20(21)16-9-12-19(29-3)13-10-16/h4-15,22H,1-3H3/t22-/m0/s1. The van der Waals surface area contributed by atoms with Gasteiger partial charge in [0.25, 0.3) is 11.6 Å². The second kappa shape index (κ2) is 9.09. The summed E-state index contributed by atoms with van der Waals surface area (Å²) in [5.41, 5.74) is 1.84. The van der Waals surface area contributed by atoms with Gasteiger partial charge >= 0.3 is 0 Å². The summed E-state index contributed by atoms with van der Waals surface area (Å²) in [4.78, 5) is 25.1. The molecule has 154 valence electrons. The highest BCUT2D eigenvalue weighted by Gasteiger charge is 2.26. The molecule has 0 N–H and O–H groups in total. The van der Waals surface area contributed by atoms with Crippen LogP contribution in [-0.4, -0.2) is 36.9 Å². The molecular formula is C23H22N2O5. The van der Waals surface area contributed by atoms with E-state index in [-0.39, 0.29) is 11.6 Å². The Balaban J connectivity index is 2.08. The summed E-state index contributed by atoms with van der Waals surface area (Å²) in [6.45, 7) is 0. The zero-order valence-corrected chi connectivity index (χ0v) is 16.9. The fourth-order valence-electron chi connectivity index (χ4n) is 2.98. The maximum atomic E-state index is 12.8. The van der Waals surface area contributed by atoms with Crippen molar-refractivity contribution in [2.45, 2.75) is 6.10 Å². The maximum Gasteiger partial charge on any atom is 0.270 e. The third-order valence-corrected chi connectivity index (χ3v) is 4.59. The molecule has 3 aromatic carbocycles. The van der Waals surface area contributed by atoms with Crippen molar-refractivity contribution in [1.29, 1.82) is 0 Å². The Kier molecular flexibility index (Phi) is 6.32. The molecule has 0 unspecified atom stereocenters. The van der Waals surface area contributed by atoms with Crippen LogP contribution in [0.25, 0.3) is 11.1 Å². The summed E-state index contributed by atoms with van der Waals surface area (Å²) in [6, 6.07) is 20.6. The van der Waals surface area contributed by atoms with Gasteiger partial charge < -0.3 is 14.4 Å². The fourth-order valence-corrected chi connectivity index (χ4v) is 2.98. The molecule has 0 heterocycles. The number of hydrogen-bond donors (Lipinski definition) is 0. The van der Waals surface area contributed by atoms with Crippen LogP contribution in [0.15, 0.2) is 72.8 Å². The van der Waals surface area contributed by atoms with Crippen molar-refractivity contribution in [3.05, 3.63) is 88.5 Å². The summed E-state index contributed by atoms with van der Waals surface area (Å²) in [6.07, 6.45) is -0.889. The number of carbonyl (C=O) groups is 1. The van der Waals surface area contributed by atoms with Crippen LogP contribution in [-0.2, 0) is 4.79 Å². The zero-order chi connectivity index (χ0) is 21.7. The van der Waals surface area contributed by atoms with Gasteiger partial charge in [-0.25, -0.2) is 0 Å². The predicted octanol–water partition coefficient (Wildman–Crippen LogP) is 4.48. The molecule has 7 nitrogen and oxygen atoms in total. The molecule has 0 saturated carbocycles. The molecule has 0 aliphatic carbocycles. The second-order valence-electron chi connectivity index (χ2n) is 6.81. The molecule has 0 aromatic heterocycles. The lowest BCUT2D eigenvalue weighted by molar-refractivity contribution is -0.384. The number of benzene rings is 3. The molecule has 0 aliphatic rings. The molecule has 0 aliphatic heterocycles. The second-order valence-corrected chi connectivity index (χ2v) is 6.81. The molecule has 0 saturated heterocycles. The lowest BCUT2D eigenvalue weighted by Crippen LogP contribution is -2.31. The fraction of sp³-hybridized carbons (Fsp3) is 0.174. The number of likely N-dealkylation sites (N-methyl/N-ethyl adjacent to an activating group) is 1. The third kappa shape index (κ3) is 4.57. The Hall–Kier alpha value is -3.87. The van der Waals surface area contributed by atoms with Gasteiger partial charge in [-0.1, -0.05) is 42.5 Å². The Morgan fingerprint density at radius 3 is 2.23 bits per heavy atom. The molecular weight excluding hydrogens is 384 g/mol. The average Bonchev–Trinajstić information content (AvgIpc) is 2.77. The van der Waals surface area contributed by atoms with Gasteiger partial charge in [-0.2, -0.15) is 0 Å². The molecule has 0 spiro atoms. The number of non-ortho nitro benzene ring substituents is 1. The normalized spacial score (nSPS) is 11.4. The van der Waals surface area contributed by atoms with Crippen molar-refractivity contribution in [1.82, 2.24) is 4.90 Å².